The van der Waals surface area contributed by atoms with Crippen molar-refractivity contribution < 1.29 is 5.11 Å². The number of piperazine rings is 1. The highest BCUT2D eigenvalue weighted by atomic mass is 16.3. The molecule has 0 unspecified atom stereocenters. The number of hydrogen-bond acceptors (Lipinski definition) is 3. The third kappa shape index (κ3) is 4.64. The molecule has 0 spiro atoms. The van der Waals surface area contributed by atoms with Crippen LogP contribution in [0.5, 0.6) is 0 Å². The average molecular weight is 378 g/mol. The van der Waals surface area contributed by atoms with Crippen LogP contribution in [0, 0.1) is 0 Å². The normalized spacial score (nSPS) is 18.7. The second-order valence-electron chi connectivity index (χ2n) is 7.89. The smallest absolute Gasteiger partial charge is 0.0457 e. The summed E-state index contributed by atoms with van der Waals surface area (Å²) in [5, 5.41) is 10.9. The molecule has 0 radical (unpaired) electrons. The molecule has 1 fully saturated rings. The summed E-state index contributed by atoms with van der Waals surface area (Å²) in [6.45, 7) is 5.56. The van der Waals surface area contributed by atoms with Crippen molar-refractivity contribution in [3.05, 3.63) is 71.9 Å². The van der Waals surface area contributed by atoms with Crippen LogP contribution in [0.3, 0.4) is 0 Å². The number of benzene rings is 2. The van der Waals surface area contributed by atoms with Gasteiger partial charge in [-0.05, 0) is 43.0 Å². The predicted molar refractivity (Wildman–Crippen MR) is 115 cm³/mol. The number of aromatic nitrogens is 1. The molecule has 4 rings (SSSR count). The van der Waals surface area contributed by atoms with E-state index in [-0.39, 0.29) is 6.61 Å². The van der Waals surface area contributed by atoms with E-state index in [0.29, 0.717) is 6.04 Å². The molecule has 1 aliphatic rings. The Morgan fingerprint density at radius 1 is 1.00 bits per heavy atom. The molecule has 3 aromatic rings. The van der Waals surface area contributed by atoms with Crippen LogP contribution >= 0.6 is 0 Å². The van der Waals surface area contributed by atoms with Crippen LogP contribution in [0.1, 0.15) is 24.0 Å². The number of fused-ring (bicyclic) bond motifs is 1. The summed E-state index contributed by atoms with van der Waals surface area (Å²) < 4.78 is 0. The molecular formula is C24H31N3O. The molecule has 2 aromatic carbocycles. The first-order chi connectivity index (χ1) is 13.8. The van der Waals surface area contributed by atoms with Crippen molar-refractivity contribution in [3.63, 3.8) is 0 Å². The molecule has 2 heterocycles. The van der Waals surface area contributed by atoms with Gasteiger partial charge in [0.15, 0.2) is 0 Å². The highest BCUT2D eigenvalue weighted by molar-refractivity contribution is 5.82. The van der Waals surface area contributed by atoms with Gasteiger partial charge in [-0.15, -0.1) is 0 Å². The van der Waals surface area contributed by atoms with Gasteiger partial charge < -0.3 is 10.1 Å². The lowest BCUT2D eigenvalue weighted by Gasteiger charge is -2.41. The Labute approximate surface area is 167 Å². The number of hydrogen-bond donors (Lipinski definition) is 2. The summed E-state index contributed by atoms with van der Waals surface area (Å²) >= 11 is 0. The molecule has 1 aliphatic heterocycles. The van der Waals surface area contributed by atoms with E-state index >= 15 is 0 Å². The van der Waals surface area contributed by atoms with Crippen molar-refractivity contribution in [3.8, 4) is 0 Å². The minimum absolute atomic E-state index is 0.265. The molecule has 148 valence electrons. The molecule has 1 saturated heterocycles. The molecule has 4 nitrogen and oxygen atoms in total. The fourth-order valence-corrected chi connectivity index (χ4v) is 4.45. The zero-order valence-corrected chi connectivity index (χ0v) is 16.6. The van der Waals surface area contributed by atoms with Crippen molar-refractivity contribution in [2.45, 2.75) is 31.8 Å². The van der Waals surface area contributed by atoms with Crippen LogP contribution in [0.2, 0.25) is 0 Å². The summed E-state index contributed by atoms with van der Waals surface area (Å²) in [6, 6.07) is 19.7. The van der Waals surface area contributed by atoms with E-state index in [9.17, 15) is 5.11 Å². The molecule has 0 amide bonds. The van der Waals surface area contributed by atoms with Crippen LogP contribution < -0.4 is 0 Å². The van der Waals surface area contributed by atoms with Gasteiger partial charge in [0.05, 0.1) is 0 Å². The largest absolute Gasteiger partial charge is 0.396 e. The van der Waals surface area contributed by atoms with E-state index in [0.717, 1.165) is 45.6 Å². The third-order valence-corrected chi connectivity index (χ3v) is 5.97. The second-order valence-corrected chi connectivity index (χ2v) is 7.89. The quantitative estimate of drug-likeness (QED) is 0.629. The van der Waals surface area contributed by atoms with Gasteiger partial charge in [0, 0.05) is 55.9 Å². The van der Waals surface area contributed by atoms with E-state index in [1.807, 2.05) is 0 Å². The van der Waals surface area contributed by atoms with Gasteiger partial charge in [-0.2, -0.15) is 0 Å². The van der Waals surface area contributed by atoms with Crippen molar-refractivity contribution in [2.24, 2.45) is 0 Å². The molecule has 28 heavy (non-hydrogen) atoms. The molecule has 1 aromatic heterocycles. The van der Waals surface area contributed by atoms with Crippen LogP contribution in [-0.4, -0.2) is 58.7 Å². The minimum Gasteiger partial charge on any atom is -0.396 e. The number of nitrogens with zero attached hydrogens (tertiary/aromatic N) is 2. The maximum atomic E-state index is 9.57. The topological polar surface area (TPSA) is 42.5 Å². The maximum absolute atomic E-state index is 9.57. The number of aryl methyl sites for hydroxylation is 1. The Morgan fingerprint density at radius 3 is 2.68 bits per heavy atom. The lowest BCUT2D eigenvalue weighted by molar-refractivity contribution is 0.0549. The highest BCUT2D eigenvalue weighted by Crippen LogP contribution is 2.22. The number of rotatable bonds is 8. The molecule has 0 aliphatic carbocycles. The Balaban J connectivity index is 1.33. The molecule has 0 saturated carbocycles. The molecule has 4 heteroatoms. The van der Waals surface area contributed by atoms with E-state index in [1.165, 1.54) is 28.5 Å². The molecular weight excluding hydrogens is 346 g/mol. The first-order valence-corrected chi connectivity index (χ1v) is 10.5. The average Bonchev–Trinajstić information content (AvgIpc) is 3.14. The number of aliphatic hydroxyl groups excluding tert-OH is 1. The zero-order valence-electron chi connectivity index (χ0n) is 16.6. The second kappa shape index (κ2) is 9.37. The van der Waals surface area contributed by atoms with Crippen LogP contribution in [0.4, 0.5) is 0 Å². The van der Waals surface area contributed by atoms with Crippen LogP contribution in [-0.2, 0) is 13.0 Å². The summed E-state index contributed by atoms with van der Waals surface area (Å²) in [5.41, 5.74) is 4.00. The number of aromatic amines is 1. The summed E-state index contributed by atoms with van der Waals surface area (Å²) in [5.74, 6) is 0. The van der Waals surface area contributed by atoms with Gasteiger partial charge >= 0.3 is 0 Å². The molecule has 0 bridgehead atoms. The van der Waals surface area contributed by atoms with Gasteiger partial charge in [-0.3, -0.25) is 9.80 Å². The van der Waals surface area contributed by atoms with E-state index in [4.69, 9.17) is 0 Å². The Hall–Kier alpha value is -2.14. The van der Waals surface area contributed by atoms with Crippen molar-refractivity contribution >= 4 is 10.9 Å². The van der Waals surface area contributed by atoms with Crippen LogP contribution in [0.25, 0.3) is 10.9 Å². The SMILES string of the molecule is OCC[C@@H]1CN(Cc2c[nH]c3ccccc23)CCN1CCCc1ccccc1. The van der Waals surface area contributed by atoms with Gasteiger partial charge in [-0.25, -0.2) is 0 Å². The monoisotopic (exact) mass is 377 g/mol. The zero-order chi connectivity index (χ0) is 19.2. The van der Waals surface area contributed by atoms with Gasteiger partial charge in [0.25, 0.3) is 0 Å². The maximum Gasteiger partial charge on any atom is 0.0457 e. The van der Waals surface area contributed by atoms with E-state index in [1.54, 1.807) is 0 Å². The standard InChI is InChI=1S/C24H31N3O/c28-16-12-22-19-26(18-21-17-25-24-11-5-4-10-23(21)24)14-15-27(22)13-6-9-20-7-2-1-3-8-20/h1-5,7-8,10-11,17,22,25,28H,6,9,12-16,18-19H2/t22-/m1/s1. The lowest BCUT2D eigenvalue weighted by Crippen LogP contribution is -2.53. The minimum atomic E-state index is 0.265. The number of aliphatic hydroxyl groups is 1. The number of nitrogens with one attached hydrogen (secondary N) is 1. The van der Waals surface area contributed by atoms with Gasteiger partial charge in [0.1, 0.15) is 0 Å². The Morgan fingerprint density at radius 2 is 1.82 bits per heavy atom. The first-order valence-electron chi connectivity index (χ1n) is 10.5. The van der Waals surface area contributed by atoms with Crippen molar-refractivity contribution in [1.29, 1.82) is 0 Å². The Bertz CT molecular complexity index is 860. The van der Waals surface area contributed by atoms with Gasteiger partial charge in [0.2, 0.25) is 0 Å². The summed E-state index contributed by atoms with van der Waals surface area (Å²) in [6.07, 6.45) is 5.31. The fourth-order valence-electron chi connectivity index (χ4n) is 4.45. The summed E-state index contributed by atoms with van der Waals surface area (Å²) in [4.78, 5) is 8.52. The Kier molecular flexibility index (Phi) is 6.42. The third-order valence-electron chi connectivity index (χ3n) is 5.97. The number of H-pyrrole nitrogens is 1. The lowest BCUT2D eigenvalue weighted by atomic mass is 10.1. The highest BCUT2D eigenvalue weighted by Gasteiger charge is 2.26. The first kappa shape index (κ1) is 19.2. The summed E-state index contributed by atoms with van der Waals surface area (Å²) in [7, 11) is 0. The fraction of sp³-hybridized carbons (Fsp3) is 0.417. The molecule has 1 atom stereocenters. The van der Waals surface area contributed by atoms with E-state index in [2.05, 4.69) is 75.6 Å². The van der Waals surface area contributed by atoms with Gasteiger partial charge in [-0.1, -0.05) is 48.5 Å². The van der Waals surface area contributed by atoms with Crippen molar-refractivity contribution in [1.82, 2.24) is 14.8 Å². The van der Waals surface area contributed by atoms with E-state index < -0.39 is 0 Å². The van der Waals surface area contributed by atoms with Crippen LogP contribution in [0.15, 0.2) is 60.8 Å². The number of para-hydroxylation sites is 1. The molecule has 2 N–H and O–H groups in total. The van der Waals surface area contributed by atoms with Crippen molar-refractivity contribution in [2.75, 3.05) is 32.8 Å². The predicted octanol–water partition coefficient (Wildman–Crippen LogP) is 3.67.